The number of hydrogen-bond acceptors (Lipinski definition) is 10. The van der Waals surface area contributed by atoms with E-state index in [-0.39, 0.29) is 18.4 Å². The van der Waals surface area contributed by atoms with Crippen LogP contribution in [0.15, 0.2) is 73.2 Å². The van der Waals surface area contributed by atoms with Gasteiger partial charge in [-0.1, -0.05) is 18.2 Å². The summed E-state index contributed by atoms with van der Waals surface area (Å²) in [5.74, 6) is 1.12. The van der Waals surface area contributed by atoms with Crippen LogP contribution < -0.4 is 21.1 Å². The van der Waals surface area contributed by atoms with E-state index in [1.807, 2.05) is 59.3 Å². The van der Waals surface area contributed by atoms with Crippen molar-refractivity contribution in [3.63, 3.8) is 0 Å². The number of fused-ring (bicyclic) bond motifs is 1. The van der Waals surface area contributed by atoms with Gasteiger partial charge in [0.1, 0.15) is 47.0 Å². The molecule has 0 radical (unpaired) electrons. The van der Waals surface area contributed by atoms with Gasteiger partial charge in [0.25, 0.3) is 0 Å². The standard InChI is InChI=1S/C33H32FN9O3/c34-25-17-36-27(39-26-10-11-28(44)40-33(26)45)16-21(25)18-42-14-12-22(13-15-42)43-32-29(31(35)37-19-38-32)30(41-43)20-6-8-24(9-7-20)46-23-4-2-1-3-5-23/h1-9,16-17,19,22,26H,10-15,18H2,(H,36,39)(H2,35,37,38)(H,40,44,45). The normalized spacial score (nSPS) is 17.6. The highest BCUT2D eigenvalue weighted by molar-refractivity contribution is 6.01. The maximum Gasteiger partial charge on any atom is 0.249 e. The van der Waals surface area contributed by atoms with Gasteiger partial charge in [-0.15, -0.1) is 0 Å². The number of carbonyl (C=O) groups excluding carboxylic acids is 2. The first-order valence-corrected chi connectivity index (χ1v) is 15.2. The van der Waals surface area contributed by atoms with Gasteiger partial charge in [0.05, 0.1) is 17.6 Å². The maximum absolute atomic E-state index is 14.8. The third-order valence-corrected chi connectivity index (χ3v) is 8.42. The molecule has 0 aliphatic carbocycles. The fourth-order valence-corrected chi connectivity index (χ4v) is 6.01. The van der Waals surface area contributed by atoms with Crippen LogP contribution in [0.25, 0.3) is 22.3 Å². The highest BCUT2D eigenvalue weighted by Gasteiger charge is 2.28. The van der Waals surface area contributed by atoms with Crippen LogP contribution in [0.1, 0.15) is 37.3 Å². The van der Waals surface area contributed by atoms with Crippen LogP contribution in [0, 0.1) is 5.82 Å². The number of amides is 2. The number of ether oxygens (including phenoxy) is 1. The summed E-state index contributed by atoms with van der Waals surface area (Å²) in [6.07, 6.45) is 4.78. The van der Waals surface area contributed by atoms with Gasteiger partial charge in [-0.3, -0.25) is 19.8 Å². The molecular weight excluding hydrogens is 589 g/mol. The van der Waals surface area contributed by atoms with Gasteiger partial charge in [-0.25, -0.2) is 24.0 Å². The number of para-hydroxylation sites is 1. The number of nitrogens with one attached hydrogen (secondary N) is 2. The third-order valence-electron chi connectivity index (χ3n) is 8.42. The summed E-state index contributed by atoms with van der Waals surface area (Å²) in [6.45, 7) is 1.82. The van der Waals surface area contributed by atoms with E-state index in [0.29, 0.717) is 65.7 Å². The van der Waals surface area contributed by atoms with Gasteiger partial charge in [-0.2, -0.15) is 5.10 Å². The Morgan fingerprint density at radius 3 is 2.50 bits per heavy atom. The van der Waals surface area contributed by atoms with Crippen LogP contribution in [0.5, 0.6) is 11.5 Å². The molecule has 1 atom stereocenters. The van der Waals surface area contributed by atoms with E-state index < -0.39 is 17.8 Å². The Labute approximate surface area is 263 Å². The quantitative estimate of drug-likeness (QED) is 0.212. The average molecular weight is 622 g/mol. The van der Waals surface area contributed by atoms with E-state index in [2.05, 4.69) is 30.5 Å². The number of piperidine rings is 2. The molecule has 13 heteroatoms. The lowest BCUT2D eigenvalue weighted by molar-refractivity contribution is -0.133. The van der Waals surface area contributed by atoms with Crippen molar-refractivity contribution < 1.29 is 18.7 Å². The SMILES string of the molecule is Nc1ncnc2c1c(-c1ccc(Oc3ccccc3)cc1)nn2C1CCN(Cc2cc(NC3CCC(=O)NC3=O)ncc2F)CC1. The number of anilines is 2. The topological polar surface area (TPSA) is 153 Å². The number of imide groups is 1. The largest absolute Gasteiger partial charge is 0.457 e. The molecule has 1 unspecified atom stereocenters. The molecule has 0 spiro atoms. The molecule has 5 heterocycles. The van der Waals surface area contributed by atoms with E-state index in [4.69, 9.17) is 15.6 Å². The Hall–Kier alpha value is -5.43. The van der Waals surface area contributed by atoms with E-state index in [1.54, 1.807) is 6.07 Å². The summed E-state index contributed by atoms with van der Waals surface area (Å²) in [6, 6.07) is 18.4. The Morgan fingerprint density at radius 2 is 1.74 bits per heavy atom. The second-order valence-corrected chi connectivity index (χ2v) is 11.5. The fourth-order valence-electron chi connectivity index (χ4n) is 6.01. The monoisotopic (exact) mass is 621 g/mol. The zero-order valence-electron chi connectivity index (χ0n) is 24.9. The number of nitrogen functional groups attached to an aromatic ring is 1. The molecule has 2 aliphatic heterocycles. The minimum atomic E-state index is -0.591. The van der Waals surface area contributed by atoms with Crippen LogP contribution in [0.4, 0.5) is 16.0 Å². The second-order valence-electron chi connectivity index (χ2n) is 11.5. The Morgan fingerprint density at radius 1 is 0.978 bits per heavy atom. The number of halogens is 1. The van der Waals surface area contributed by atoms with Gasteiger partial charge in [0.15, 0.2) is 5.65 Å². The molecule has 2 amide bonds. The zero-order chi connectivity index (χ0) is 31.6. The van der Waals surface area contributed by atoms with Crippen molar-refractivity contribution in [2.45, 2.75) is 44.3 Å². The number of nitrogens with two attached hydrogens (primary N) is 1. The smallest absolute Gasteiger partial charge is 0.249 e. The summed E-state index contributed by atoms with van der Waals surface area (Å²) in [5.41, 5.74) is 9.09. The molecule has 2 fully saturated rings. The second kappa shape index (κ2) is 12.5. The number of carbonyl (C=O) groups is 2. The molecule has 0 bridgehead atoms. The molecule has 4 N–H and O–H groups in total. The molecule has 2 saturated heterocycles. The molecule has 3 aromatic heterocycles. The van der Waals surface area contributed by atoms with Gasteiger partial charge in [0.2, 0.25) is 11.8 Å². The van der Waals surface area contributed by atoms with Crippen LogP contribution in [-0.2, 0) is 16.1 Å². The van der Waals surface area contributed by atoms with E-state index >= 15 is 0 Å². The minimum absolute atomic E-state index is 0.0644. The van der Waals surface area contributed by atoms with Crippen LogP contribution in [0.3, 0.4) is 0 Å². The van der Waals surface area contributed by atoms with Crippen molar-refractivity contribution in [2.24, 2.45) is 0 Å². The lowest BCUT2D eigenvalue weighted by Gasteiger charge is -2.32. The summed E-state index contributed by atoms with van der Waals surface area (Å²) < 4.78 is 22.7. The Balaban J connectivity index is 1.05. The highest BCUT2D eigenvalue weighted by Crippen LogP contribution is 2.35. The summed E-state index contributed by atoms with van der Waals surface area (Å²) >= 11 is 0. The van der Waals surface area contributed by atoms with Gasteiger partial charge >= 0.3 is 0 Å². The van der Waals surface area contributed by atoms with Crippen molar-refractivity contribution in [1.82, 2.24) is 34.9 Å². The highest BCUT2D eigenvalue weighted by atomic mass is 19.1. The lowest BCUT2D eigenvalue weighted by Crippen LogP contribution is -2.47. The van der Waals surface area contributed by atoms with Crippen LogP contribution in [0.2, 0.25) is 0 Å². The molecule has 2 aromatic carbocycles. The van der Waals surface area contributed by atoms with Crippen LogP contribution in [-0.4, -0.2) is 60.6 Å². The predicted molar refractivity (Wildman–Crippen MR) is 169 cm³/mol. The van der Waals surface area contributed by atoms with E-state index in [1.165, 1.54) is 6.33 Å². The molecule has 7 rings (SSSR count). The zero-order valence-corrected chi connectivity index (χ0v) is 24.9. The molecule has 2 aliphatic rings. The fraction of sp³-hybridized carbons (Fsp3) is 0.273. The summed E-state index contributed by atoms with van der Waals surface area (Å²) in [7, 11) is 0. The number of rotatable bonds is 8. The number of pyridine rings is 1. The van der Waals surface area contributed by atoms with Gasteiger partial charge in [0, 0.05) is 37.2 Å². The molecule has 0 saturated carbocycles. The minimum Gasteiger partial charge on any atom is -0.457 e. The lowest BCUT2D eigenvalue weighted by atomic mass is 10.0. The number of hydrogen-bond donors (Lipinski definition) is 3. The van der Waals surface area contributed by atoms with Crippen molar-refractivity contribution in [1.29, 1.82) is 0 Å². The average Bonchev–Trinajstić information content (AvgIpc) is 3.46. The van der Waals surface area contributed by atoms with Crippen molar-refractivity contribution in [2.75, 3.05) is 24.1 Å². The first kappa shape index (κ1) is 29.3. The van der Waals surface area contributed by atoms with E-state index in [9.17, 15) is 14.0 Å². The number of aromatic nitrogens is 5. The van der Waals surface area contributed by atoms with Gasteiger partial charge < -0.3 is 15.8 Å². The Bertz CT molecular complexity index is 1890. The molecule has 46 heavy (non-hydrogen) atoms. The summed E-state index contributed by atoms with van der Waals surface area (Å²) in [4.78, 5) is 38.7. The molecule has 12 nitrogen and oxygen atoms in total. The van der Waals surface area contributed by atoms with E-state index in [0.717, 1.165) is 30.4 Å². The maximum atomic E-state index is 14.8. The number of nitrogens with zero attached hydrogens (tertiary/aromatic N) is 6. The number of likely N-dealkylation sites (tertiary alicyclic amines) is 1. The van der Waals surface area contributed by atoms with Crippen LogP contribution >= 0.6 is 0 Å². The van der Waals surface area contributed by atoms with Crippen molar-refractivity contribution in [3.8, 4) is 22.8 Å². The molecular formula is C33H32FN9O3. The van der Waals surface area contributed by atoms with Crippen molar-refractivity contribution in [3.05, 3.63) is 84.6 Å². The predicted octanol–water partition coefficient (Wildman–Crippen LogP) is 4.46. The first-order valence-electron chi connectivity index (χ1n) is 15.2. The third kappa shape index (κ3) is 6.09. The molecule has 234 valence electrons. The first-order chi connectivity index (χ1) is 22.4. The van der Waals surface area contributed by atoms with Gasteiger partial charge in [-0.05, 0) is 61.7 Å². The summed E-state index contributed by atoms with van der Waals surface area (Å²) in [5, 5.41) is 11.1. The Kier molecular flexibility index (Phi) is 7.97. The number of benzene rings is 2. The van der Waals surface area contributed by atoms with Crippen molar-refractivity contribution >= 4 is 34.5 Å². The molecule has 5 aromatic rings.